The molecule has 0 aliphatic rings. The lowest BCUT2D eigenvalue weighted by molar-refractivity contribution is 0.129. The Kier molecular flexibility index (Phi) is 6.04. The molecule has 2 aromatic carbocycles. The van der Waals surface area contributed by atoms with Gasteiger partial charge in [0, 0.05) is 15.2 Å². The van der Waals surface area contributed by atoms with Crippen molar-refractivity contribution in [3.05, 3.63) is 83.1 Å². The third-order valence-electron chi connectivity index (χ3n) is 3.15. The Morgan fingerprint density at radius 3 is 2.08 bits per heavy atom. The third kappa shape index (κ3) is 5.37. The molecule has 0 atom stereocenters. The fourth-order valence-corrected chi connectivity index (χ4v) is 3.82. The molecule has 0 aliphatic heterocycles. The molecular formula is C19H20O3S2. The summed E-state index contributed by atoms with van der Waals surface area (Å²) in [5.74, 6) is 0. The number of sulfone groups is 1. The summed E-state index contributed by atoms with van der Waals surface area (Å²) < 4.78 is 24.5. The van der Waals surface area contributed by atoms with E-state index in [0.717, 1.165) is 10.3 Å². The molecule has 2 rings (SSSR count). The number of hydrogen-bond acceptors (Lipinski definition) is 4. The molecule has 2 aromatic rings. The van der Waals surface area contributed by atoms with Gasteiger partial charge < -0.3 is 5.11 Å². The van der Waals surface area contributed by atoms with E-state index in [1.54, 1.807) is 50.3 Å². The Hall–Kier alpha value is -1.82. The van der Waals surface area contributed by atoms with Crippen molar-refractivity contribution in [3.8, 4) is 0 Å². The highest BCUT2D eigenvalue weighted by molar-refractivity contribution is 8.03. The molecule has 126 valence electrons. The fraction of sp³-hybridized carbons (Fsp3) is 0.158. The summed E-state index contributed by atoms with van der Waals surface area (Å²) in [7, 11) is -3.49. The highest BCUT2D eigenvalue weighted by atomic mass is 32.2. The first-order valence-electron chi connectivity index (χ1n) is 7.43. The van der Waals surface area contributed by atoms with Crippen molar-refractivity contribution >= 4 is 21.6 Å². The lowest BCUT2D eigenvalue weighted by atomic mass is 10.1. The van der Waals surface area contributed by atoms with Crippen molar-refractivity contribution in [1.29, 1.82) is 0 Å². The molecule has 0 aliphatic carbocycles. The summed E-state index contributed by atoms with van der Waals surface area (Å²) in [5.41, 5.74) is -1.07. The van der Waals surface area contributed by atoms with Gasteiger partial charge in [0.1, 0.15) is 0 Å². The Morgan fingerprint density at radius 1 is 1.00 bits per heavy atom. The van der Waals surface area contributed by atoms with Gasteiger partial charge in [0.25, 0.3) is 0 Å². The Bertz CT molecular complexity index is 816. The Labute approximate surface area is 147 Å². The summed E-state index contributed by atoms with van der Waals surface area (Å²) in [4.78, 5) is 1.88. The molecule has 3 nitrogen and oxygen atoms in total. The van der Waals surface area contributed by atoms with Gasteiger partial charge in [-0.15, -0.1) is 0 Å². The molecule has 0 amide bonds. The van der Waals surface area contributed by atoms with Crippen LogP contribution in [-0.4, -0.2) is 19.1 Å². The maximum atomic E-state index is 12.2. The highest BCUT2D eigenvalue weighted by Crippen LogP contribution is 2.34. The van der Waals surface area contributed by atoms with Gasteiger partial charge >= 0.3 is 0 Å². The number of rotatable bonds is 6. The van der Waals surface area contributed by atoms with Crippen molar-refractivity contribution in [3.63, 3.8) is 0 Å². The average molecular weight is 361 g/mol. The number of allylic oxidation sites excluding steroid dienone is 2. The topological polar surface area (TPSA) is 54.4 Å². The zero-order valence-corrected chi connectivity index (χ0v) is 15.2. The van der Waals surface area contributed by atoms with Gasteiger partial charge in [-0.2, -0.15) is 0 Å². The molecule has 1 N–H and O–H groups in total. The summed E-state index contributed by atoms with van der Waals surface area (Å²) in [5, 5.41) is 11.5. The zero-order chi connectivity index (χ0) is 17.6. The highest BCUT2D eigenvalue weighted by Gasteiger charge is 2.20. The van der Waals surface area contributed by atoms with Crippen LogP contribution in [0, 0.1) is 0 Å². The average Bonchev–Trinajstić information content (AvgIpc) is 2.55. The van der Waals surface area contributed by atoms with Crippen molar-refractivity contribution in [1.82, 2.24) is 0 Å². The minimum atomic E-state index is -3.49. The summed E-state index contributed by atoms with van der Waals surface area (Å²) in [6.07, 6.45) is 3.10. The van der Waals surface area contributed by atoms with Gasteiger partial charge in [0.05, 0.1) is 10.5 Å². The number of hydrogen-bond donors (Lipinski definition) is 1. The predicted molar refractivity (Wildman–Crippen MR) is 99.4 cm³/mol. The molecule has 5 heteroatoms. The van der Waals surface area contributed by atoms with Crippen LogP contribution in [0.3, 0.4) is 0 Å². The van der Waals surface area contributed by atoms with Crippen LogP contribution >= 0.6 is 11.8 Å². The van der Waals surface area contributed by atoms with E-state index in [1.807, 2.05) is 30.3 Å². The molecule has 0 heterocycles. The SMILES string of the molecule is CC(C)(O)C(=CC=CS(=O)(=O)c1ccccc1)Sc1ccccc1. The number of aliphatic hydroxyl groups is 1. The van der Waals surface area contributed by atoms with Gasteiger partial charge in [-0.1, -0.05) is 48.2 Å². The second-order valence-corrected chi connectivity index (χ2v) is 8.64. The molecule has 0 aromatic heterocycles. The second-order valence-electron chi connectivity index (χ2n) is 5.69. The van der Waals surface area contributed by atoms with Gasteiger partial charge in [0.2, 0.25) is 0 Å². The van der Waals surface area contributed by atoms with Crippen LogP contribution in [0.5, 0.6) is 0 Å². The number of thioether (sulfide) groups is 1. The van der Waals surface area contributed by atoms with Crippen LogP contribution in [0.25, 0.3) is 0 Å². The van der Waals surface area contributed by atoms with Crippen molar-refractivity contribution < 1.29 is 13.5 Å². The molecule has 0 fully saturated rings. The van der Waals surface area contributed by atoms with E-state index in [0.29, 0.717) is 4.91 Å². The van der Waals surface area contributed by atoms with E-state index >= 15 is 0 Å². The van der Waals surface area contributed by atoms with Crippen molar-refractivity contribution in [2.45, 2.75) is 29.2 Å². The molecule has 0 radical (unpaired) electrons. The van der Waals surface area contributed by atoms with Crippen LogP contribution in [0.15, 0.2) is 92.9 Å². The zero-order valence-electron chi connectivity index (χ0n) is 13.6. The maximum Gasteiger partial charge on any atom is 0.199 e. The van der Waals surface area contributed by atoms with Crippen LogP contribution in [0.4, 0.5) is 0 Å². The lowest BCUT2D eigenvalue weighted by Crippen LogP contribution is -2.19. The van der Waals surface area contributed by atoms with E-state index in [9.17, 15) is 13.5 Å². The summed E-state index contributed by atoms with van der Waals surface area (Å²) >= 11 is 1.41. The normalized spacial score (nSPS) is 13.4. The first-order chi connectivity index (χ1) is 11.3. The monoisotopic (exact) mass is 360 g/mol. The number of benzene rings is 2. The van der Waals surface area contributed by atoms with Gasteiger partial charge in [-0.3, -0.25) is 0 Å². The van der Waals surface area contributed by atoms with E-state index in [1.165, 1.54) is 17.8 Å². The van der Waals surface area contributed by atoms with E-state index < -0.39 is 15.4 Å². The van der Waals surface area contributed by atoms with Crippen molar-refractivity contribution in [2.24, 2.45) is 0 Å². The predicted octanol–water partition coefficient (Wildman–Crippen LogP) is 4.42. The fourth-order valence-electron chi connectivity index (χ4n) is 1.90. The molecule has 0 saturated carbocycles. The largest absolute Gasteiger partial charge is 0.385 e. The maximum absolute atomic E-state index is 12.2. The summed E-state index contributed by atoms with van der Waals surface area (Å²) in [6.45, 7) is 3.35. The minimum absolute atomic E-state index is 0.246. The lowest BCUT2D eigenvalue weighted by Gasteiger charge is -2.20. The van der Waals surface area contributed by atoms with Gasteiger partial charge in [-0.25, -0.2) is 8.42 Å². The first-order valence-corrected chi connectivity index (χ1v) is 9.79. The van der Waals surface area contributed by atoms with Crippen LogP contribution in [0.2, 0.25) is 0 Å². The van der Waals surface area contributed by atoms with Gasteiger partial charge in [-0.05, 0) is 50.3 Å². The van der Waals surface area contributed by atoms with E-state index in [4.69, 9.17) is 0 Å². The van der Waals surface area contributed by atoms with Crippen LogP contribution < -0.4 is 0 Å². The molecular weight excluding hydrogens is 340 g/mol. The molecule has 24 heavy (non-hydrogen) atoms. The molecule has 0 bridgehead atoms. The smallest absolute Gasteiger partial charge is 0.199 e. The molecule has 0 saturated heterocycles. The Balaban J connectivity index is 2.24. The Morgan fingerprint density at radius 2 is 1.54 bits per heavy atom. The quantitative estimate of drug-likeness (QED) is 0.612. The molecule has 0 unspecified atom stereocenters. The van der Waals surface area contributed by atoms with Crippen LogP contribution in [0.1, 0.15) is 13.8 Å². The second kappa shape index (κ2) is 7.83. The molecule has 0 spiro atoms. The third-order valence-corrected chi connectivity index (χ3v) is 5.96. The minimum Gasteiger partial charge on any atom is -0.385 e. The van der Waals surface area contributed by atoms with Crippen LogP contribution in [-0.2, 0) is 9.84 Å². The van der Waals surface area contributed by atoms with E-state index in [2.05, 4.69) is 0 Å². The summed E-state index contributed by atoms with van der Waals surface area (Å²) in [6, 6.07) is 17.9. The van der Waals surface area contributed by atoms with Crippen molar-refractivity contribution in [2.75, 3.05) is 0 Å². The first kappa shape index (κ1) is 18.5. The van der Waals surface area contributed by atoms with E-state index in [-0.39, 0.29) is 4.90 Å². The van der Waals surface area contributed by atoms with Gasteiger partial charge in [0.15, 0.2) is 9.84 Å². The standard InChI is InChI=1S/C19H20O3S2/c1-19(2,20)18(23-16-10-5-3-6-11-16)14-9-15-24(21,22)17-12-7-4-8-13-17/h3-15,20H,1-2H3.